The second-order valence-corrected chi connectivity index (χ2v) is 3.55. The Labute approximate surface area is 90.3 Å². The van der Waals surface area contributed by atoms with Crippen LogP contribution >= 0.6 is 0 Å². The first-order valence-electron chi connectivity index (χ1n) is 5.05. The number of hydrogen-bond donors (Lipinski definition) is 0. The molecule has 0 saturated carbocycles. The van der Waals surface area contributed by atoms with Crippen molar-refractivity contribution in [3.05, 3.63) is 66.0 Å². The van der Waals surface area contributed by atoms with E-state index in [2.05, 4.69) is 37.3 Å². The molecule has 0 saturated heterocycles. The van der Waals surface area contributed by atoms with Gasteiger partial charge in [-0.25, -0.2) is 0 Å². The average molecular weight is 196 g/mol. The zero-order chi connectivity index (χ0) is 10.5. The molecule has 0 atom stereocenters. The summed E-state index contributed by atoms with van der Waals surface area (Å²) >= 11 is 0. The zero-order valence-corrected chi connectivity index (χ0v) is 8.80. The molecule has 0 aliphatic heterocycles. The van der Waals surface area contributed by atoms with E-state index in [1.807, 2.05) is 41.4 Å². The number of aromatic nitrogens is 1. The maximum Gasteiger partial charge on any atom is 0.175 e. The van der Waals surface area contributed by atoms with Crippen LogP contribution in [0.2, 0.25) is 0 Å². The molecule has 0 spiro atoms. The lowest BCUT2D eigenvalue weighted by Crippen LogP contribution is -2.23. The Kier molecular flexibility index (Phi) is 2.93. The zero-order valence-electron chi connectivity index (χ0n) is 8.80. The van der Waals surface area contributed by atoms with Gasteiger partial charge in [-0.2, -0.15) is 4.57 Å². The van der Waals surface area contributed by atoms with Crippen LogP contribution in [0.25, 0.3) is 12.3 Å². The van der Waals surface area contributed by atoms with Crippen LogP contribution in [0.15, 0.2) is 54.9 Å². The molecule has 1 aromatic heterocycles. The van der Waals surface area contributed by atoms with Crippen molar-refractivity contribution in [2.24, 2.45) is 0 Å². The number of nitrogens with zero attached hydrogens (tertiary/aromatic N) is 1. The van der Waals surface area contributed by atoms with Crippen molar-refractivity contribution in [2.45, 2.75) is 6.92 Å². The van der Waals surface area contributed by atoms with Gasteiger partial charge in [0.05, 0.1) is 0 Å². The lowest BCUT2D eigenvalue weighted by atomic mass is 10.1. The first-order valence-corrected chi connectivity index (χ1v) is 5.05. The third kappa shape index (κ3) is 2.78. The molecular formula is C14H14N+. The highest BCUT2D eigenvalue weighted by Crippen LogP contribution is 2.04. The first-order chi connectivity index (χ1) is 7.34. The maximum atomic E-state index is 2.12. The van der Waals surface area contributed by atoms with E-state index >= 15 is 0 Å². The molecule has 0 aliphatic carbocycles. The van der Waals surface area contributed by atoms with Gasteiger partial charge in [-0.3, -0.25) is 0 Å². The molecule has 0 radical (unpaired) electrons. The summed E-state index contributed by atoms with van der Waals surface area (Å²) in [6.45, 7) is 2.10. The van der Waals surface area contributed by atoms with Gasteiger partial charge in [-0.15, -0.1) is 0 Å². The Hall–Kier alpha value is -1.89. The van der Waals surface area contributed by atoms with E-state index in [4.69, 9.17) is 0 Å². The highest BCUT2D eigenvalue weighted by molar-refractivity contribution is 5.56. The van der Waals surface area contributed by atoms with E-state index < -0.39 is 0 Å². The van der Waals surface area contributed by atoms with Gasteiger partial charge in [0, 0.05) is 18.2 Å². The molecule has 2 aromatic rings. The molecule has 0 unspecified atom stereocenters. The van der Waals surface area contributed by atoms with Crippen molar-refractivity contribution in [1.82, 2.24) is 0 Å². The summed E-state index contributed by atoms with van der Waals surface area (Å²) < 4.78 is 2.03. The Morgan fingerprint density at radius 3 is 2.27 bits per heavy atom. The molecule has 2 rings (SSSR count). The summed E-state index contributed by atoms with van der Waals surface area (Å²) in [7, 11) is 0. The molecule has 0 bridgehead atoms. The molecule has 1 nitrogen and oxygen atoms in total. The van der Waals surface area contributed by atoms with Gasteiger partial charge in [0.25, 0.3) is 0 Å². The van der Waals surface area contributed by atoms with Crippen molar-refractivity contribution in [2.75, 3.05) is 0 Å². The van der Waals surface area contributed by atoms with Crippen LogP contribution in [-0.4, -0.2) is 0 Å². The minimum absolute atomic E-state index is 1.22. The van der Waals surface area contributed by atoms with Crippen LogP contribution in [0.5, 0.6) is 0 Å². The minimum atomic E-state index is 1.22. The van der Waals surface area contributed by atoms with Crippen LogP contribution in [0.1, 0.15) is 11.1 Å². The molecule has 0 N–H and O–H groups in total. The van der Waals surface area contributed by atoms with Crippen molar-refractivity contribution in [3.63, 3.8) is 0 Å². The predicted molar refractivity (Wildman–Crippen MR) is 63.0 cm³/mol. The van der Waals surface area contributed by atoms with Gasteiger partial charge in [0.2, 0.25) is 0 Å². The topological polar surface area (TPSA) is 3.88 Å². The van der Waals surface area contributed by atoms with Crippen molar-refractivity contribution in [3.8, 4) is 0 Å². The highest BCUT2D eigenvalue weighted by Gasteiger charge is 1.91. The first kappa shape index (κ1) is 9.66. The number of hydrogen-bond acceptors (Lipinski definition) is 0. The molecule has 15 heavy (non-hydrogen) atoms. The van der Waals surface area contributed by atoms with E-state index in [0.717, 1.165) is 0 Å². The second-order valence-electron chi connectivity index (χ2n) is 3.55. The second kappa shape index (κ2) is 4.56. The van der Waals surface area contributed by atoms with Crippen LogP contribution < -0.4 is 4.57 Å². The molecule has 0 amide bonds. The third-order valence-corrected chi connectivity index (χ3v) is 2.26. The van der Waals surface area contributed by atoms with Gasteiger partial charge < -0.3 is 0 Å². The van der Waals surface area contributed by atoms with E-state index in [9.17, 15) is 0 Å². The van der Waals surface area contributed by atoms with Gasteiger partial charge in [-0.1, -0.05) is 35.9 Å². The summed E-state index contributed by atoms with van der Waals surface area (Å²) in [6.07, 6.45) is 8.18. The van der Waals surface area contributed by atoms with E-state index in [-0.39, 0.29) is 0 Å². The fraction of sp³-hybridized carbons (Fsp3) is 0.0714. The summed E-state index contributed by atoms with van der Waals surface area (Å²) in [5.74, 6) is 0. The molecule has 1 aromatic carbocycles. The summed E-state index contributed by atoms with van der Waals surface area (Å²) in [6, 6.07) is 14.5. The van der Waals surface area contributed by atoms with Crippen LogP contribution in [0.3, 0.4) is 0 Å². The largest absolute Gasteiger partial charge is 0.175 e. The number of rotatable bonds is 2. The lowest BCUT2D eigenvalue weighted by molar-refractivity contribution is -0.567. The van der Waals surface area contributed by atoms with Crippen LogP contribution in [-0.2, 0) is 0 Å². The van der Waals surface area contributed by atoms with Crippen LogP contribution in [0, 0.1) is 6.92 Å². The molecule has 1 heterocycles. The smallest absolute Gasteiger partial charge is 0.174 e. The lowest BCUT2D eigenvalue weighted by Gasteiger charge is -1.92. The minimum Gasteiger partial charge on any atom is -0.174 e. The quantitative estimate of drug-likeness (QED) is 0.650. The van der Waals surface area contributed by atoms with Gasteiger partial charge in [-0.05, 0) is 12.5 Å². The summed E-state index contributed by atoms with van der Waals surface area (Å²) in [4.78, 5) is 0. The van der Waals surface area contributed by atoms with Crippen molar-refractivity contribution >= 4 is 12.3 Å². The fourth-order valence-electron chi connectivity index (χ4n) is 1.36. The van der Waals surface area contributed by atoms with E-state index in [1.165, 1.54) is 11.1 Å². The van der Waals surface area contributed by atoms with Gasteiger partial charge in [0.1, 0.15) is 0 Å². The molecule has 74 valence electrons. The standard InChI is InChI=1S/C14H14N/c1-13-5-7-14(8-6-13)9-12-15-10-3-2-4-11-15/h2-12H,1H3/q+1/b12-9+. The SMILES string of the molecule is Cc1ccc(/C=C/[n+]2ccccc2)cc1. The number of aryl methyl sites for hydroxylation is 1. The van der Waals surface area contributed by atoms with Crippen molar-refractivity contribution < 1.29 is 4.57 Å². The van der Waals surface area contributed by atoms with Crippen molar-refractivity contribution in [1.29, 1.82) is 0 Å². The Morgan fingerprint density at radius 2 is 1.60 bits per heavy atom. The molecular weight excluding hydrogens is 182 g/mol. The maximum absolute atomic E-state index is 2.12. The predicted octanol–water partition coefficient (Wildman–Crippen LogP) is 2.91. The molecule has 1 heteroatoms. The number of pyridine rings is 1. The van der Waals surface area contributed by atoms with Gasteiger partial charge in [0.15, 0.2) is 18.6 Å². The fourth-order valence-corrected chi connectivity index (χ4v) is 1.36. The Balaban J connectivity index is 2.15. The summed E-state index contributed by atoms with van der Waals surface area (Å²) in [5.41, 5.74) is 2.51. The molecule has 0 aliphatic rings. The van der Waals surface area contributed by atoms with E-state index in [0.29, 0.717) is 0 Å². The van der Waals surface area contributed by atoms with E-state index in [1.54, 1.807) is 0 Å². The summed E-state index contributed by atoms with van der Waals surface area (Å²) in [5, 5.41) is 0. The molecule has 0 fully saturated rings. The number of benzene rings is 1. The normalized spacial score (nSPS) is 10.7. The average Bonchev–Trinajstić information content (AvgIpc) is 2.30. The monoisotopic (exact) mass is 196 g/mol. The Bertz CT molecular complexity index is 441. The van der Waals surface area contributed by atoms with Gasteiger partial charge >= 0.3 is 0 Å². The third-order valence-electron chi connectivity index (χ3n) is 2.26. The Morgan fingerprint density at radius 1 is 0.933 bits per heavy atom. The van der Waals surface area contributed by atoms with Crippen LogP contribution in [0.4, 0.5) is 0 Å². The highest BCUT2D eigenvalue weighted by atomic mass is 14.9.